The van der Waals surface area contributed by atoms with E-state index in [1.54, 1.807) is 24.3 Å². The molecule has 2 N–H and O–H groups in total. The van der Waals surface area contributed by atoms with Gasteiger partial charge in [0.05, 0.1) is 21.8 Å². The van der Waals surface area contributed by atoms with Crippen LogP contribution in [0.3, 0.4) is 0 Å². The standard InChI is InChI=1S/C25H25BrN2O3/c1-3-18-13-14-23(21(26)15-18)31-16-24(29)28-22-12-8-7-11-20(22)25(30)27-17(2)19-9-5-4-6-10-19/h4-15,17H,3,16H2,1-2H3,(H,27,30)(H,28,29). The van der Waals surface area contributed by atoms with Crippen LogP contribution in [0.25, 0.3) is 0 Å². The van der Waals surface area contributed by atoms with Crippen LogP contribution in [0.1, 0.15) is 41.4 Å². The summed E-state index contributed by atoms with van der Waals surface area (Å²) in [6.45, 7) is 3.83. The predicted molar refractivity (Wildman–Crippen MR) is 126 cm³/mol. The van der Waals surface area contributed by atoms with E-state index in [1.165, 1.54) is 5.56 Å². The minimum atomic E-state index is -0.345. The van der Waals surface area contributed by atoms with Gasteiger partial charge in [-0.25, -0.2) is 0 Å². The van der Waals surface area contributed by atoms with Crippen molar-refractivity contribution in [3.05, 3.63) is 94.0 Å². The molecule has 160 valence electrons. The third-order valence-corrected chi connectivity index (χ3v) is 5.48. The molecule has 0 aliphatic rings. The molecule has 0 spiro atoms. The van der Waals surface area contributed by atoms with Gasteiger partial charge < -0.3 is 15.4 Å². The number of carbonyl (C=O) groups excluding carboxylic acids is 2. The van der Waals surface area contributed by atoms with Crippen molar-refractivity contribution >= 4 is 33.4 Å². The molecule has 31 heavy (non-hydrogen) atoms. The number of amides is 2. The molecule has 0 fully saturated rings. The van der Waals surface area contributed by atoms with Gasteiger partial charge in [0.2, 0.25) is 0 Å². The van der Waals surface area contributed by atoms with Crippen LogP contribution in [0.15, 0.2) is 77.3 Å². The lowest BCUT2D eigenvalue weighted by atomic mass is 10.1. The van der Waals surface area contributed by atoms with Gasteiger partial charge in [-0.15, -0.1) is 0 Å². The zero-order chi connectivity index (χ0) is 22.2. The van der Waals surface area contributed by atoms with E-state index in [-0.39, 0.29) is 24.5 Å². The molecule has 3 aromatic carbocycles. The molecule has 0 aliphatic heterocycles. The first-order chi connectivity index (χ1) is 15.0. The molecule has 0 aliphatic carbocycles. The summed E-state index contributed by atoms with van der Waals surface area (Å²) in [5, 5.41) is 5.75. The molecule has 3 rings (SSSR count). The van der Waals surface area contributed by atoms with Crippen molar-refractivity contribution in [1.29, 1.82) is 0 Å². The van der Waals surface area contributed by atoms with Crippen LogP contribution in [0.4, 0.5) is 5.69 Å². The van der Waals surface area contributed by atoms with E-state index < -0.39 is 0 Å². The Morgan fingerprint density at radius 2 is 1.71 bits per heavy atom. The van der Waals surface area contributed by atoms with Gasteiger partial charge in [-0.1, -0.05) is 55.5 Å². The molecule has 1 atom stereocenters. The number of para-hydroxylation sites is 1. The molecule has 0 heterocycles. The lowest BCUT2D eigenvalue weighted by Crippen LogP contribution is -2.28. The van der Waals surface area contributed by atoms with Crippen LogP contribution in [-0.4, -0.2) is 18.4 Å². The molecule has 0 aromatic heterocycles. The second-order valence-corrected chi connectivity index (χ2v) is 7.96. The molecule has 3 aromatic rings. The van der Waals surface area contributed by atoms with Gasteiger partial charge in [0.15, 0.2) is 6.61 Å². The molecule has 6 heteroatoms. The summed E-state index contributed by atoms with van der Waals surface area (Å²) in [5.41, 5.74) is 3.01. The molecular formula is C25H25BrN2O3. The van der Waals surface area contributed by atoms with E-state index in [1.807, 2.05) is 55.5 Å². The van der Waals surface area contributed by atoms with E-state index in [9.17, 15) is 9.59 Å². The smallest absolute Gasteiger partial charge is 0.262 e. The first-order valence-electron chi connectivity index (χ1n) is 10.1. The molecule has 5 nitrogen and oxygen atoms in total. The topological polar surface area (TPSA) is 67.4 Å². The fourth-order valence-electron chi connectivity index (χ4n) is 3.10. The number of anilines is 1. The Bertz CT molecular complexity index is 1050. The van der Waals surface area contributed by atoms with Crippen LogP contribution in [-0.2, 0) is 11.2 Å². The van der Waals surface area contributed by atoms with Gasteiger partial charge in [0, 0.05) is 0 Å². The Morgan fingerprint density at radius 1 is 1.00 bits per heavy atom. The third-order valence-electron chi connectivity index (χ3n) is 4.86. The number of benzene rings is 3. The molecule has 2 amide bonds. The van der Waals surface area contributed by atoms with Gasteiger partial charge in [0.25, 0.3) is 11.8 Å². The highest BCUT2D eigenvalue weighted by Crippen LogP contribution is 2.26. The number of hydrogen-bond donors (Lipinski definition) is 2. The van der Waals surface area contributed by atoms with Gasteiger partial charge in [0.1, 0.15) is 5.75 Å². The summed E-state index contributed by atoms with van der Waals surface area (Å²) >= 11 is 3.47. The normalized spacial score (nSPS) is 11.5. The molecule has 0 saturated carbocycles. The monoisotopic (exact) mass is 480 g/mol. The van der Waals surface area contributed by atoms with Gasteiger partial charge >= 0.3 is 0 Å². The minimum absolute atomic E-state index is 0.163. The molecule has 1 unspecified atom stereocenters. The summed E-state index contributed by atoms with van der Waals surface area (Å²) in [4.78, 5) is 25.3. The number of aryl methyl sites for hydroxylation is 1. The quantitative estimate of drug-likeness (QED) is 0.445. The Labute approximate surface area is 191 Å². The SMILES string of the molecule is CCc1ccc(OCC(=O)Nc2ccccc2C(=O)NC(C)c2ccccc2)c(Br)c1. The van der Waals surface area contributed by atoms with E-state index in [0.717, 1.165) is 16.5 Å². The highest BCUT2D eigenvalue weighted by atomic mass is 79.9. The number of ether oxygens (including phenoxy) is 1. The Morgan fingerprint density at radius 3 is 2.42 bits per heavy atom. The van der Waals surface area contributed by atoms with Crippen LogP contribution >= 0.6 is 15.9 Å². The highest BCUT2D eigenvalue weighted by molar-refractivity contribution is 9.10. The van der Waals surface area contributed by atoms with Crippen molar-refractivity contribution in [2.45, 2.75) is 26.3 Å². The second-order valence-electron chi connectivity index (χ2n) is 7.11. The fraction of sp³-hybridized carbons (Fsp3) is 0.200. The van der Waals surface area contributed by atoms with Crippen LogP contribution < -0.4 is 15.4 Å². The average Bonchev–Trinajstić information content (AvgIpc) is 2.79. The molecule has 0 bridgehead atoms. The summed E-state index contributed by atoms with van der Waals surface area (Å²) < 4.78 is 6.43. The zero-order valence-electron chi connectivity index (χ0n) is 17.5. The van der Waals surface area contributed by atoms with Crippen LogP contribution in [0.2, 0.25) is 0 Å². The molecular weight excluding hydrogens is 456 g/mol. The van der Waals surface area contributed by atoms with Crippen molar-refractivity contribution in [3.63, 3.8) is 0 Å². The number of hydrogen-bond acceptors (Lipinski definition) is 3. The maximum atomic E-state index is 12.8. The van der Waals surface area contributed by atoms with Gasteiger partial charge in [-0.3, -0.25) is 9.59 Å². The van der Waals surface area contributed by atoms with Crippen LogP contribution in [0, 0.1) is 0 Å². The van der Waals surface area contributed by atoms with Crippen molar-refractivity contribution < 1.29 is 14.3 Å². The van der Waals surface area contributed by atoms with Gasteiger partial charge in [-0.05, 0) is 64.7 Å². The summed E-state index contributed by atoms with van der Waals surface area (Å²) in [7, 11) is 0. The molecule has 0 saturated heterocycles. The number of rotatable bonds is 8. The van der Waals surface area contributed by atoms with E-state index in [2.05, 4.69) is 33.5 Å². The summed E-state index contributed by atoms with van der Waals surface area (Å²) in [6, 6.07) is 22.2. The van der Waals surface area contributed by atoms with E-state index in [0.29, 0.717) is 17.0 Å². The average molecular weight is 481 g/mol. The fourth-order valence-corrected chi connectivity index (χ4v) is 3.64. The van der Waals surface area contributed by atoms with Gasteiger partial charge in [-0.2, -0.15) is 0 Å². The first-order valence-corrected chi connectivity index (χ1v) is 10.9. The summed E-state index contributed by atoms with van der Waals surface area (Å²) in [5.74, 6) is -0.0102. The first kappa shape index (κ1) is 22.6. The largest absolute Gasteiger partial charge is 0.483 e. The number of carbonyl (C=O) groups is 2. The van der Waals surface area contributed by atoms with Crippen molar-refractivity contribution in [2.75, 3.05) is 11.9 Å². The Hall–Kier alpha value is -3.12. The summed E-state index contributed by atoms with van der Waals surface area (Å²) in [6.07, 6.45) is 0.918. The Kier molecular flexibility index (Phi) is 7.84. The highest BCUT2D eigenvalue weighted by Gasteiger charge is 2.16. The lowest BCUT2D eigenvalue weighted by Gasteiger charge is -2.16. The minimum Gasteiger partial charge on any atom is -0.483 e. The van der Waals surface area contributed by atoms with Crippen molar-refractivity contribution in [1.82, 2.24) is 5.32 Å². The maximum Gasteiger partial charge on any atom is 0.262 e. The van der Waals surface area contributed by atoms with Crippen LogP contribution in [0.5, 0.6) is 5.75 Å². The third kappa shape index (κ3) is 6.18. The van der Waals surface area contributed by atoms with E-state index in [4.69, 9.17) is 4.74 Å². The lowest BCUT2D eigenvalue weighted by molar-refractivity contribution is -0.118. The van der Waals surface area contributed by atoms with E-state index >= 15 is 0 Å². The predicted octanol–water partition coefficient (Wildman–Crippen LogP) is 5.52. The maximum absolute atomic E-state index is 12.8. The molecule has 0 radical (unpaired) electrons. The van der Waals surface area contributed by atoms with Crippen molar-refractivity contribution in [2.24, 2.45) is 0 Å². The zero-order valence-corrected chi connectivity index (χ0v) is 19.1. The Balaban J connectivity index is 1.63. The second kappa shape index (κ2) is 10.8. The van der Waals surface area contributed by atoms with Crippen molar-refractivity contribution in [3.8, 4) is 5.75 Å². The number of nitrogens with one attached hydrogen (secondary N) is 2. The number of halogens is 1.